The Morgan fingerprint density at radius 1 is 0.852 bits per heavy atom. The van der Waals surface area contributed by atoms with Gasteiger partial charge in [-0.25, -0.2) is 0 Å². The minimum absolute atomic E-state index is 0.151. The second-order valence-electron chi connectivity index (χ2n) is 6.61. The summed E-state index contributed by atoms with van der Waals surface area (Å²) in [5.74, 6) is -0.127. The lowest BCUT2D eigenvalue weighted by atomic mass is 10.1. The maximum absolute atomic E-state index is 12.4. The zero-order chi connectivity index (χ0) is 19.2. The standard InChI is InChI=1S/C21H20N2O4/c24-12-14-1-5-17(6-2-14)20(26)22-11-19(16-9-10-16)23-21(27)18-7-3-15(13-25)4-8-18/h1-8,12-13,16,19H,9-11H2,(H,22,26)(H,23,27). The molecule has 0 aliphatic heterocycles. The summed E-state index contributed by atoms with van der Waals surface area (Å²) in [4.78, 5) is 46.1. The van der Waals surface area contributed by atoms with Gasteiger partial charge < -0.3 is 10.6 Å². The Morgan fingerprint density at radius 3 is 1.78 bits per heavy atom. The van der Waals surface area contributed by atoms with Crippen LogP contribution in [0.1, 0.15) is 54.3 Å². The van der Waals surface area contributed by atoms with E-state index in [2.05, 4.69) is 10.6 Å². The first-order valence-corrected chi connectivity index (χ1v) is 8.80. The number of rotatable bonds is 8. The average Bonchev–Trinajstić information content (AvgIpc) is 3.56. The highest BCUT2D eigenvalue weighted by Crippen LogP contribution is 2.32. The normalized spacial score (nSPS) is 14.1. The van der Waals surface area contributed by atoms with Crippen molar-refractivity contribution in [1.29, 1.82) is 0 Å². The quantitative estimate of drug-likeness (QED) is 0.703. The van der Waals surface area contributed by atoms with Gasteiger partial charge in [0.2, 0.25) is 0 Å². The fourth-order valence-corrected chi connectivity index (χ4v) is 2.82. The van der Waals surface area contributed by atoms with Crippen LogP contribution in [0.3, 0.4) is 0 Å². The van der Waals surface area contributed by atoms with Crippen molar-refractivity contribution < 1.29 is 19.2 Å². The lowest BCUT2D eigenvalue weighted by Gasteiger charge is -2.19. The van der Waals surface area contributed by atoms with E-state index in [-0.39, 0.29) is 17.9 Å². The highest BCUT2D eigenvalue weighted by Gasteiger charge is 2.32. The fourth-order valence-electron chi connectivity index (χ4n) is 2.82. The highest BCUT2D eigenvalue weighted by atomic mass is 16.2. The first-order valence-electron chi connectivity index (χ1n) is 8.80. The van der Waals surface area contributed by atoms with Crippen LogP contribution in [0.5, 0.6) is 0 Å². The molecule has 2 N–H and O–H groups in total. The Bertz CT molecular complexity index is 839. The Balaban J connectivity index is 1.58. The molecule has 1 aliphatic rings. The second-order valence-corrected chi connectivity index (χ2v) is 6.61. The molecule has 0 bridgehead atoms. The van der Waals surface area contributed by atoms with Crippen molar-refractivity contribution in [3.8, 4) is 0 Å². The maximum Gasteiger partial charge on any atom is 0.251 e. The van der Waals surface area contributed by atoms with Gasteiger partial charge in [0.15, 0.2) is 0 Å². The summed E-state index contributed by atoms with van der Waals surface area (Å²) in [7, 11) is 0. The molecular weight excluding hydrogens is 344 g/mol. The molecule has 1 fully saturated rings. The summed E-state index contributed by atoms with van der Waals surface area (Å²) in [6.45, 7) is 0.330. The van der Waals surface area contributed by atoms with Crippen molar-refractivity contribution in [1.82, 2.24) is 10.6 Å². The minimum Gasteiger partial charge on any atom is -0.350 e. The summed E-state index contributed by atoms with van der Waals surface area (Å²) in [6.07, 6.45) is 3.48. The minimum atomic E-state index is -0.248. The molecule has 0 heterocycles. The van der Waals surface area contributed by atoms with Crippen LogP contribution >= 0.6 is 0 Å². The van der Waals surface area contributed by atoms with E-state index in [9.17, 15) is 19.2 Å². The number of aldehydes is 2. The molecular formula is C21H20N2O4. The number of carbonyl (C=O) groups excluding carboxylic acids is 4. The lowest BCUT2D eigenvalue weighted by Crippen LogP contribution is -2.45. The summed E-state index contributed by atoms with van der Waals surface area (Å²) in [6, 6.07) is 12.6. The van der Waals surface area contributed by atoms with Gasteiger partial charge in [0, 0.05) is 34.8 Å². The van der Waals surface area contributed by atoms with Gasteiger partial charge in [-0.1, -0.05) is 24.3 Å². The van der Waals surface area contributed by atoms with E-state index in [4.69, 9.17) is 0 Å². The first kappa shape index (κ1) is 18.5. The van der Waals surface area contributed by atoms with E-state index < -0.39 is 0 Å². The Hall–Kier alpha value is -3.28. The van der Waals surface area contributed by atoms with E-state index in [1.165, 1.54) is 0 Å². The van der Waals surface area contributed by atoms with Crippen LogP contribution in [0, 0.1) is 5.92 Å². The predicted octanol–water partition coefficient (Wildman–Crippen LogP) is 2.25. The molecule has 0 saturated heterocycles. The third-order valence-corrected chi connectivity index (χ3v) is 4.61. The van der Waals surface area contributed by atoms with Crippen LogP contribution in [0.4, 0.5) is 0 Å². The topological polar surface area (TPSA) is 92.3 Å². The van der Waals surface area contributed by atoms with E-state index in [1.807, 2.05) is 0 Å². The molecule has 1 aliphatic carbocycles. The Morgan fingerprint density at radius 2 is 1.33 bits per heavy atom. The molecule has 2 aromatic rings. The van der Waals surface area contributed by atoms with Crippen molar-refractivity contribution in [2.45, 2.75) is 18.9 Å². The van der Waals surface area contributed by atoms with E-state index in [0.717, 1.165) is 25.4 Å². The number of hydrogen-bond acceptors (Lipinski definition) is 4. The van der Waals surface area contributed by atoms with E-state index in [1.54, 1.807) is 48.5 Å². The zero-order valence-electron chi connectivity index (χ0n) is 14.7. The summed E-state index contributed by atoms with van der Waals surface area (Å²) in [5, 5.41) is 5.81. The van der Waals surface area contributed by atoms with Gasteiger partial charge in [-0.2, -0.15) is 0 Å². The smallest absolute Gasteiger partial charge is 0.251 e. The number of amides is 2. The average molecular weight is 364 g/mol. The van der Waals surface area contributed by atoms with Gasteiger partial charge in [-0.15, -0.1) is 0 Å². The largest absolute Gasteiger partial charge is 0.350 e. The van der Waals surface area contributed by atoms with Crippen LogP contribution in [-0.2, 0) is 0 Å². The van der Waals surface area contributed by atoms with Crippen LogP contribution in [0.2, 0.25) is 0 Å². The zero-order valence-corrected chi connectivity index (χ0v) is 14.7. The van der Waals surface area contributed by atoms with Crippen molar-refractivity contribution in [2.75, 3.05) is 6.54 Å². The summed E-state index contributed by atoms with van der Waals surface area (Å²) >= 11 is 0. The Kier molecular flexibility index (Phi) is 5.76. The fraction of sp³-hybridized carbons (Fsp3) is 0.238. The van der Waals surface area contributed by atoms with Gasteiger partial charge in [-0.05, 0) is 43.0 Å². The number of benzene rings is 2. The summed E-state index contributed by atoms with van der Waals surface area (Å²) in [5.41, 5.74) is 1.96. The molecule has 1 atom stereocenters. The maximum atomic E-state index is 12.4. The molecule has 6 heteroatoms. The molecule has 3 rings (SSSR count). The molecule has 2 amide bonds. The molecule has 138 valence electrons. The van der Waals surface area contributed by atoms with Gasteiger partial charge in [0.1, 0.15) is 12.6 Å². The van der Waals surface area contributed by atoms with E-state index in [0.29, 0.717) is 34.7 Å². The SMILES string of the molecule is O=Cc1ccc(C(=O)NCC(NC(=O)c2ccc(C=O)cc2)C2CC2)cc1. The van der Waals surface area contributed by atoms with Crippen molar-refractivity contribution in [3.63, 3.8) is 0 Å². The first-order chi connectivity index (χ1) is 13.1. The molecule has 27 heavy (non-hydrogen) atoms. The van der Waals surface area contributed by atoms with Crippen molar-refractivity contribution >= 4 is 24.4 Å². The van der Waals surface area contributed by atoms with Gasteiger partial charge >= 0.3 is 0 Å². The third kappa shape index (κ3) is 4.88. The highest BCUT2D eigenvalue weighted by molar-refractivity contribution is 5.96. The number of hydrogen-bond donors (Lipinski definition) is 2. The molecule has 0 aromatic heterocycles. The third-order valence-electron chi connectivity index (χ3n) is 4.61. The van der Waals surface area contributed by atoms with Gasteiger partial charge in [-0.3, -0.25) is 19.2 Å². The second kappa shape index (κ2) is 8.40. The van der Waals surface area contributed by atoms with Crippen molar-refractivity contribution in [2.24, 2.45) is 5.92 Å². The number of carbonyl (C=O) groups is 4. The molecule has 1 unspecified atom stereocenters. The van der Waals surface area contributed by atoms with Crippen LogP contribution < -0.4 is 10.6 Å². The molecule has 6 nitrogen and oxygen atoms in total. The predicted molar refractivity (Wildman–Crippen MR) is 100.0 cm³/mol. The monoisotopic (exact) mass is 364 g/mol. The van der Waals surface area contributed by atoms with E-state index >= 15 is 0 Å². The Labute approximate surface area is 157 Å². The van der Waals surface area contributed by atoms with Gasteiger partial charge in [0.05, 0.1) is 0 Å². The molecule has 0 spiro atoms. The van der Waals surface area contributed by atoms with Crippen LogP contribution in [0.15, 0.2) is 48.5 Å². The van der Waals surface area contributed by atoms with Crippen molar-refractivity contribution in [3.05, 3.63) is 70.8 Å². The number of nitrogens with one attached hydrogen (secondary N) is 2. The lowest BCUT2D eigenvalue weighted by molar-refractivity contribution is 0.0903. The molecule has 2 aromatic carbocycles. The molecule has 0 radical (unpaired) electrons. The molecule has 1 saturated carbocycles. The van der Waals surface area contributed by atoms with Crippen LogP contribution in [-0.4, -0.2) is 37.0 Å². The summed E-state index contributed by atoms with van der Waals surface area (Å²) < 4.78 is 0. The van der Waals surface area contributed by atoms with Crippen LogP contribution in [0.25, 0.3) is 0 Å². The van der Waals surface area contributed by atoms with Gasteiger partial charge in [0.25, 0.3) is 11.8 Å².